The summed E-state index contributed by atoms with van der Waals surface area (Å²) in [5.41, 5.74) is -5.25. The molecule has 2 saturated heterocycles. The highest BCUT2D eigenvalue weighted by atomic mass is 32.2. The van der Waals surface area contributed by atoms with Crippen molar-refractivity contribution in [1.29, 1.82) is 0 Å². The number of nitrogens with one attached hydrogen (secondary N) is 2. The Morgan fingerprint density at radius 1 is 1.21 bits per heavy atom. The van der Waals surface area contributed by atoms with Crippen LogP contribution in [0, 0.1) is 0 Å². The number of nitrogens with zero attached hydrogens (tertiary/aromatic N) is 3. The maximum Gasteiger partial charge on any atom is 0.511 e. The molecule has 0 spiro atoms. The van der Waals surface area contributed by atoms with Gasteiger partial charge in [-0.05, 0) is 32.2 Å². The maximum absolute atomic E-state index is 12.7. The Bertz CT molecular complexity index is 622. The van der Waals surface area contributed by atoms with Gasteiger partial charge in [-0.1, -0.05) is 0 Å². The Balaban J connectivity index is 1.78. The summed E-state index contributed by atoms with van der Waals surface area (Å²) in [5.74, 6) is 0.579. The second kappa shape index (κ2) is 10.1. The Labute approximate surface area is 164 Å². The number of guanidine groups is 1. The largest absolute Gasteiger partial charge is 0.511 e. The van der Waals surface area contributed by atoms with E-state index in [9.17, 15) is 21.6 Å². The average Bonchev–Trinajstić information content (AvgIpc) is 3.10. The predicted octanol–water partition coefficient (Wildman–Crippen LogP) is 0.576. The summed E-state index contributed by atoms with van der Waals surface area (Å²) < 4.78 is 66.6. The molecule has 0 aromatic heterocycles. The molecule has 0 amide bonds. The average molecular weight is 430 g/mol. The van der Waals surface area contributed by atoms with Gasteiger partial charge in [0.25, 0.3) is 0 Å². The fraction of sp³-hybridized carbons (Fsp3) is 0.938. The summed E-state index contributed by atoms with van der Waals surface area (Å²) in [6, 6.07) is 0.256. The second-order valence-corrected chi connectivity index (χ2v) is 8.98. The number of ether oxygens (including phenoxy) is 1. The van der Waals surface area contributed by atoms with Gasteiger partial charge in [0, 0.05) is 52.4 Å². The second-order valence-electron chi connectivity index (χ2n) is 7.05. The van der Waals surface area contributed by atoms with Crippen LogP contribution in [0.2, 0.25) is 0 Å². The number of piperidine rings is 1. The minimum absolute atomic E-state index is 0.126. The standard InChI is InChI=1S/C16H30F3N5O3S/c1-20-15(21-12-14-4-3-7-23(14)10-11-27-2)22-13-5-8-24(9-6-13)28(25,26)16(17,18)19/h13-14H,3-12H2,1-2H3,(H2,20,21,22). The van der Waals surface area contributed by atoms with Crippen LogP contribution in [0.25, 0.3) is 0 Å². The molecule has 2 N–H and O–H groups in total. The van der Waals surface area contributed by atoms with Crippen molar-refractivity contribution >= 4 is 16.0 Å². The van der Waals surface area contributed by atoms with Crippen molar-refractivity contribution in [2.24, 2.45) is 4.99 Å². The third kappa shape index (κ3) is 5.94. The molecular weight excluding hydrogens is 399 g/mol. The zero-order valence-electron chi connectivity index (χ0n) is 16.3. The van der Waals surface area contributed by atoms with Gasteiger partial charge < -0.3 is 15.4 Å². The molecule has 0 saturated carbocycles. The first-order valence-electron chi connectivity index (χ1n) is 9.45. The molecule has 1 unspecified atom stereocenters. The normalized spacial score (nSPS) is 23.9. The van der Waals surface area contributed by atoms with Gasteiger partial charge in [-0.3, -0.25) is 9.89 Å². The van der Waals surface area contributed by atoms with Gasteiger partial charge in [0.15, 0.2) is 5.96 Å². The molecule has 2 fully saturated rings. The summed E-state index contributed by atoms with van der Waals surface area (Å²) in [6.45, 7) is 2.98. The molecule has 0 bridgehead atoms. The number of methoxy groups -OCH3 is 1. The fourth-order valence-electron chi connectivity index (χ4n) is 3.62. The Hall–Kier alpha value is -1.11. The zero-order chi connectivity index (χ0) is 20.8. The van der Waals surface area contributed by atoms with Crippen LogP contribution >= 0.6 is 0 Å². The summed E-state index contributed by atoms with van der Waals surface area (Å²) in [7, 11) is -1.93. The summed E-state index contributed by atoms with van der Waals surface area (Å²) in [5, 5.41) is 6.47. The molecule has 2 aliphatic rings. The van der Waals surface area contributed by atoms with Crippen molar-refractivity contribution in [1.82, 2.24) is 19.8 Å². The van der Waals surface area contributed by atoms with Crippen LogP contribution in [0.3, 0.4) is 0 Å². The number of likely N-dealkylation sites (tertiary alicyclic amines) is 1. The molecule has 1 atom stereocenters. The SMILES string of the molecule is CN=C(NCC1CCCN1CCOC)NC1CCN(S(=O)(=O)C(F)(F)F)CC1. The Morgan fingerprint density at radius 3 is 2.46 bits per heavy atom. The van der Waals surface area contributed by atoms with E-state index in [4.69, 9.17) is 4.74 Å². The highest BCUT2D eigenvalue weighted by Gasteiger charge is 2.50. The molecule has 28 heavy (non-hydrogen) atoms. The number of halogens is 3. The van der Waals surface area contributed by atoms with Gasteiger partial charge >= 0.3 is 15.5 Å². The summed E-state index contributed by atoms with van der Waals surface area (Å²) in [6.07, 6.45) is 2.80. The smallest absolute Gasteiger partial charge is 0.383 e. The highest BCUT2D eigenvalue weighted by molar-refractivity contribution is 7.90. The van der Waals surface area contributed by atoms with Gasteiger partial charge in [-0.2, -0.15) is 17.5 Å². The van der Waals surface area contributed by atoms with Crippen molar-refractivity contribution in [3.05, 3.63) is 0 Å². The number of hydrogen-bond donors (Lipinski definition) is 2. The van der Waals surface area contributed by atoms with E-state index in [-0.39, 0.29) is 19.1 Å². The van der Waals surface area contributed by atoms with Crippen LogP contribution in [-0.4, -0.2) is 94.7 Å². The molecule has 12 heteroatoms. The third-order valence-corrected chi connectivity index (χ3v) is 6.87. The van der Waals surface area contributed by atoms with E-state index < -0.39 is 15.5 Å². The van der Waals surface area contributed by atoms with Gasteiger partial charge in [0.1, 0.15) is 0 Å². The first kappa shape index (κ1) is 23.2. The first-order valence-corrected chi connectivity index (χ1v) is 10.9. The van der Waals surface area contributed by atoms with Crippen LogP contribution in [0.1, 0.15) is 25.7 Å². The quantitative estimate of drug-likeness (QED) is 0.455. The van der Waals surface area contributed by atoms with E-state index in [1.54, 1.807) is 14.2 Å². The van der Waals surface area contributed by atoms with Crippen LogP contribution in [-0.2, 0) is 14.8 Å². The van der Waals surface area contributed by atoms with Gasteiger partial charge in [0.05, 0.1) is 6.61 Å². The molecule has 0 aromatic carbocycles. The minimum atomic E-state index is -5.25. The lowest BCUT2D eigenvalue weighted by Gasteiger charge is -2.33. The van der Waals surface area contributed by atoms with Crippen LogP contribution in [0.5, 0.6) is 0 Å². The lowest BCUT2D eigenvalue weighted by molar-refractivity contribution is -0.0494. The van der Waals surface area contributed by atoms with E-state index in [0.29, 0.717) is 42.3 Å². The number of hydrogen-bond acceptors (Lipinski definition) is 5. The molecule has 8 nitrogen and oxygen atoms in total. The molecule has 2 heterocycles. The Morgan fingerprint density at radius 2 is 1.89 bits per heavy atom. The summed E-state index contributed by atoms with van der Waals surface area (Å²) >= 11 is 0. The van der Waals surface area contributed by atoms with Gasteiger partial charge in [-0.15, -0.1) is 0 Å². The Kier molecular flexibility index (Phi) is 8.34. The van der Waals surface area contributed by atoms with Crippen molar-refractivity contribution < 1.29 is 26.3 Å². The minimum Gasteiger partial charge on any atom is -0.383 e. The first-order chi connectivity index (χ1) is 13.2. The molecule has 0 radical (unpaired) electrons. The number of aliphatic imine (C=N–C) groups is 1. The van der Waals surface area contributed by atoms with E-state index in [1.165, 1.54) is 0 Å². The lowest BCUT2D eigenvalue weighted by Crippen LogP contribution is -2.52. The number of alkyl halides is 3. The third-order valence-electron chi connectivity index (χ3n) is 5.24. The van der Waals surface area contributed by atoms with Gasteiger partial charge in [-0.25, -0.2) is 8.42 Å². The van der Waals surface area contributed by atoms with Crippen LogP contribution in [0.15, 0.2) is 4.99 Å². The molecule has 0 aromatic rings. The van der Waals surface area contributed by atoms with Gasteiger partial charge in [0.2, 0.25) is 0 Å². The predicted molar refractivity (Wildman–Crippen MR) is 101 cm³/mol. The molecule has 164 valence electrons. The monoisotopic (exact) mass is 429 g/mol. The molecule has 2 rings (SSSR count). The zero-order valence-corrected chi connectivity index (χ0v) is 17.2. The van der Waals surface area contributed by atoms with Crippen molar-refractivity contribution in [2.75, 3.05) is 53.5 Å². The van der Waals surface area contributed by atoms with Crippen molar-refractivity contribution in [3.63, 3.8) is 0 Å². The maximum atomic E-state index is 12.7. The van der Waals surface area contributed by atoms with Crippen molar-refractivity contribution in [2.45, 2.75) is 43.3 Å². The van der Waals surface area contributed by atoms with Crippen molar-refractivity contribution in [3.8, 4) is 0 Å². The van der Waals surface area contributed by atoms with E-state index in [0.717, 1.165) is 25.9 Å². The molecular formula is C16H30F3N5O3S. The topological polar surface area (TPSA) is 86.3 Å². The molecule has 2 aliphatic heterocycles. The van der Waals surface area contributed by atoms with Crippen LogP contribution in [0.4, 0.5) is 13.2 Å². The molecule has 0 aliphatic carbocycles. The number of sulfonamides is 1. The number of rotatable bonds is 7. The van der Waals surface area contributed by atoms with E-state index in [2.05, 4.69) is 20.5 Å². The van der Waals surface area contributed by atoms with E-state index in [1.807, 2.05) is 0 Å². The highest BCUT2D eigenvalue weighted by Crippen LogP contribution is 2.28. The van der Waals surface area contributed by atoms with E-state index >= 15 is 0 Å². The lowest BCUT2D eigenvalue weighted by atomic mass is 10.1. The summed E-state index contributed by atoms with van der Waals surface area (Å²) in [4.78, 5) is 6.54. The fourth-order valence-corrected chi connectivity index (χ4v) is 4.60. The van der Waals surface area contributed by atoms with Crippen LogP contribution < -0.4 is 10.6 Å².